The molecule has 1 aliphatic rings. The first-order valence-electron chi connectivity index (χ1n) is 4.95. The smallest absolute Gasteiger partial charge is 0.257 e. The van der Waals surface area contributed by atoms with E-state index >= 15 is 0 Å². The molecule has 1 rings (SSSR count). The maximum absolute atomic E-state index is 11.8. The van der Waals surface area contributed by atoms with Gasteiger partial charge in [-0.3, -0.25) is 14.5 Å². The number of carbonyl (C=O) groups excluding carboxylic acids is 2. The Kier molecular flexibility index (Phi) is 2.74. The largest absolute Gasteiger partial charge is 0.391 e. The highest BCUT2D eigenvalue weighted by Crippen LogP contribution is 2.29. The first kappa shape index (κ1) is 11.9. The molecule has 0 fully saturated rings. The Labute approximate surface area is 89.6 Å². The van der Waals surface area contributed by atoms with Crippen molar-refractivity contribution < 1.29 is 14.7 Å². The third-order valence-electron chi connectivity index (χ3n) is 3.21. The van der Waals surface area contributed by atoms with Crippen molar-refractivity contribution in [2.75, 3.05) is 0 Å². The number of aliphatic hydroxyl groups excluding tert-OH is 1. The molecule has 1 unspecified atom stereocenters. The fourth-order valence-corrected chi connectivity index (χ4v) is 1.46. The highest BCUT2D eigenvalue weighted by molar-refractivity contribution is 6.19. The molecular weight excluding hydrogens is 194 g/mol. The van der Waals surface area contributed by atoms with Crippen molar-refractivity contribution in [1.29, 1.82) is 0 Å². The topological polar surface area (TPSA) is 57.6 Å². The van der Waals surface area contributed by atoms with Crippen molar-refractivity contribution in [3.05, 3.63) is 11.1 Å². The van der Waals surface area contributed by atoms with Gasteiger partial charge in [0.25, 0.3) is 11.8 Å². The maximum Gasteiger partial charge on any atom is 0.257 e. The number of carbonyl (C=O) groups is 2. The molecule has 4 heteroatoms. The summed E-state index contributed by atoms with van der Waals surface area (Å²) in [6.07, 6.45) is -0.760. The SMILES string of the molecule is CC1=C(C)C(=O)N(C(C)(C)C(C)O)C1=O. The Morgan fingerprint density at radius 3 is 1.73 bits per heavy atom. The number of hydrogen-bond donors (Lipinski definition) is 1. The second-order valence-electron chi connectivity index (χ2n) is 4.53. The van der Waals surface area contributed by atoms with Gasteiger partial charge >= 0.3 is 0 Å². The minimum absolute atomic E-state index is 0.302. The molecule has 84 valence electrons. The molecular formula is C11H17NO3. The van der Waals surface area contributed by atoms with Crippen LogP contribution >= 0.6 is 0 Å². The molecule has 0 saturated carbocycles. The highest BCUT2D eigenvalue weighted by atomic mass is 16.3. The summed E-state index contributed by atoms with van der Waals surface area (Å²) in [4.78, 5) is 24.8. The van der Waals surface area contributed by atoms with E-state index in [1.165, 1.54) is 0 Å². The Balaban J connectivity index is 3.14. The van der Waals surface area contributed by atoms with E-state index in [0.29, 0.717) is 11.1 Å². The van der Waals surface area contributed by atoms with Crippen molar-refractivity contribution in [3.8, 4) is 0 Å². The molecule has 1 N–H and O–H groups in total. The number of imide groups is 1. The van der Waals surface area contributed by atoms with Crippen LogP contribution in [0.25, 0.3) is 0 Å². The Hall–Kier alpha value is -1.16. The van der Waals surface area contributed by atoms with Crippen LogP contribution in [0.3, 0.4) is 0 Å². The van der Waals surface area contributed by atoms with E-state index in [9.17, 15) is 14.7 Å². The van der Waals surface area contributed by atoms with Gasteiger partial charge in [-0.15, -0.1) is 0 Å². The van der Waals surface area contributed by atoms with Crippen LogP contribution in [0, 0.1) is 0 Å². The molecule has 1 heterocycles. The summed E-state index contributed by atoms with van der Waals surface area (Å²) in [7, 11) is 0. The average Bonchev–Trinajstić information content (AvgIpc) is 2.31. The first-order chi connectivity index (χ1) is 6.71. The molecule has 0 aromatic heterocycles. The van der Waals surface area contributed by atoms with E-state index in [1.807, 2.05) is 0 Å². The Bertz CT molecular complexity index is 329. The molecule has 1 aliphatic heterocycles. The number of nitrogens with zero attached hydrogens (tertiary/aromatic N) is 1. The number of hydrogen-bond acceptors (Lipinski definition) is 3. The molecule has 0 radical (unpaired) electrons. The standard InChI is InChI=1S/C11H17NO3/c1-6-7(2)10(15)12(9(6)14)11(4,5)8(3)13/h8,13H,1-5H3. The van der Waals surface area contributed by atoms with E-state index in [1.54, 1.807) is 34.6 Å². The third kappa shape index (κ3) is 1.59. The summed E-state index contributed by atoms with van der Waals surface area (Å²) in [6.45, 7) is 8.20. The molecule has 0 bridgehead atoms. The van der Waals surface area contributed by atoms with Crippen LogP contribution in [0.1, 0.15) is 34.6 Å². The molecule has 0 aromatic rings. The summed E-state index contributed by atoms with van der Waals surface area (Å²) in [5.41, 5.74) is 0.0650. The zero-order chi connectivity index (χ0) is 12.0. The summed E-state index contributed by atoms with van der Waals surface area (Å²) in [6, 6.07) is 0. The minimum atomic E-state index is -0.868. The first-order valence-corrected chi connectivity index (χ1v) is 4.95. The molecule has 0 saturated heterocycles. The lowest BCUT2D eigenvalue weighted by Crippen LogP contribution is -2.54. The van der Waals surface area contributed by atoms with E-state index in [0.717, 1.165) is 4.90 Å². The van der Waals surface area contributed by atoms with Crippen LogP contribution in [0.5, 0.6) is 0 Å². The van der Waals surface area contributed by atoms with Crippen molar-refractivity contribution >= 4 is 11.8 Å². The fourth-order valence-electron chi connectivity index (χ4n) is 1.46. The maximum atomic E-state index is 11.8. The van der Waals surface area contributed by atoms with Crippen LogP contribution in [0.4, 0.5) is 0 Å². The zero-order valence-corrected chi connectivity index (χ0v) is 9.79. The van der Waals surface area contributed by atoms with Gasteiger partial charge < -0.3 is 5.11 Å². The summed E-state index contributed by atoms with van der Waals surface area (Å²) < 4.78 is 0. The van der Waals surface area contributed by atoms with Gasteiger partial charge in [0.2, 0.25) is 0 Å². The monoisotopic (exact) mass is 211 g/mol. The van der Waals surface area contributed by atoms with Crippen molar-refractivity contribution in [2.24, 2.45) is 0 Å². The molecule has 15 heavy (non-hydrogen) atoms. The van der Waals surface area contributed by atoms with Crippen molar-refractivity contribution in [3.63, 3.8) is 0 Å². The predicted molar refractivity (Wildman–Crippen MR) is 56.0 cm³/mol. The normalized spacial score (nSPS) is 20.3. The van der Waals surface area contributed by atoms with Gasteiger partial charge in [0.1, 0.15) is 0 Å². The number of rotatable bonds is 2. The fraction of sp³-hybridized carbons (Fsp3) is 0.636. The Morgan fingerprint density at radius 2 is 1.47 bits per heavy atom. The van der Waals surface area contributed by atoms with Gasteiger partial charge in [-0.05, 0) is 34.6 Å². The lowest BCUT2D eigenvalue weighted by molar-refractivity contribution is -0.148. The number of aliphatic hydroxyl groups is 1. The average molecular weight is 211 g/mol. The highest BCUT2D eigenvalue weighted by Gasteiger charge is 2.44. The Morgan fingerprint density at radius 1 is 1.13 bits per heavy atom. The van der Waals surface area contributed by atoms with Crippen LogP contribution < -0.4 is 0 Å². The van der Waals surface area contributed by atoms with E-state index < -0.39 is 11.6 Å². The second-order valence-corrected chi connectivity index (χ2v) is 4.53. The van der Waals surface area contributed by atoms with Gasteiger partial charge in [-0.25, -0.2) is 0 Å². The van der Waals surface area contributed by atoms with Crippen LogP contribution in [0.15, 0.2) is 11.1 Å². The third-order valence-corrected chi connectivity index (χ3v) is 3.21. The quantitative estimate of drug-likeness (QED) is 0.689. The van der Waals surface area contributed by atoms with E-state index in [4.69, 9.17) is 0 Å². The van der Waals surface area contributed by atoms with Crippen molar-refractivity contribution in [2.45, 2.75) is 46.3 Å². The van der Waals surface area contributed by atoms with Gasteiger partial charge in [0.05, 0.1) is 11.6 Å². The van der Waals surface area contributed by atoms with Gasteiger partial charge in [0.15, 0.2) is 0 Å². The lowest BCUT2D eigenvalue weighted by atomic mass is 9.96. The molecule has 4 nitrogen and oxygen atoms in total. The number of amides is 2. The van der Waals surface area contributed by atoms with Gasteiger partial charge in [-0.2, -0.15) is 0 Å². The van der Waals surface area contributed by atoms with Gasteiger partial charge in [-0.1, -0.05) is 0 Å². The molecule has 1 atom stereocenters. The predicted octanol–water partition coefficient (Wildman–Crippen LogP) is 0.851. The molecule has 0 aliphatic carbocycles. The second kappa shape index (κ2) is 3.45. The van der Waals surface area contributed by atoms with Crippen LogP contribution in [-0.4, -0.2) is 33.5 Å². The summed E-state index contributed by atoms with van der Waals surface area (Å²) >= 11 is 0. The van der Waals surface area contributed by atoms with Gasteiger partial charge in [0, 0.05) is 11.1 Å². The van der Waals surface area contributed by atoms with Crippen molar-refractivity contribution in [1.82, 2.24) is 4.90 Å². The lowest BCUT2D eigenvalue weighted by Gasteiger charge is -2.36. The minimum Gasteiger partial charge on any atom is -0.391 e. The summed E-state index contributed by atoms with van der Waals surface area (Å²) in [5, 5.41) is 9.58. The summed E-state index contributed by atoms with van der Waals surface area (Å²) in [5.74, 6) is -0.605. The van der Waals surface area contributed by atoms with E-state index in [2.05, 4.69) is 0 Å². The van der Waals surface area contributed by atoms with Crippen LogP contribution in [-0.2, 0) is 9.59 Å². The zero-order valence-electron chi connectivity index (χ0n) is 9.79. The molecule has 0 spiro atoms. The van der Waals surface area contributed by atoms with E-state index in [-0.39, 0.29) is 11.8 Å². The molecule has 0 aromatic carbocycles. The molecule has 2 amide bonds. The van der Waals surface area contributed by atoms with Crippen LogP contribution in [0.2, 0.25) is 0 Å².